The zero-order valence-electron chi connectivity index (χ0n) is 6.26. The number of hydrogen-bond acceptors (Lipinski definition) is 3. The minimum absolute atomic E-state index is 0.0361. The second-order valence-electron chi connectivity index (χ2n) is 2.03. The first kappa shape index (κ1) is 9.87. The van der Waals surface area contributed by atoms with Crippen molar-refractivity contribution in [3.63, 3.8) is 0 Å². The highest BCUT2D eigenvalue weighted by Gasteiger charge is 2.43. The van der Waals surface area contributed by atoms with Gasteiger partial charge in [0.2, 0.25) is 0 Å². The van der Waals surface area contributed by atoms with Crippen LogP contribution < -0.4 is 0 Å². The van der Waals surface area contributed by atoms with Crippen LogP contribution in [0.5, 0.6) is 0 Å². The molecule has 0 fully saturated rings. The molecule has 0 bridgehead atoms. The van der Waals surface area contributed by atoms with E-state index in [2.05, 4.69) is 4.74 Å². The third-order valence-corrected chi connectivity index (χ3v) is 1.06. The van der Waals surface area contributed by atoms with Gasteiger partial charge in [0.05, 0.1) is 6.61 Å². The number of halogens is 1. The van der Waals surface area contributed by atoms with E-state index in [0.29, 0.717) is 6.92 Å². The van der Waals surface area contributed by atoms with Crippen LogP contribution in [0.15, 0.2) is 0 Å². The Balaban J connectivity index is 4.30. The van der Waals surface area contributed by atoms with Crippen LogP contribution >= 0.6 is 0 Å². The Morgan fingerprint density at radius 3 is 2.36 bits per heavy atom. The largest absolute Gasteiger partial charge is 0.478 e. The minimum atomic E-state index is -2.93. The fourth-order valence-electron chi connectivity index (χ4n) is 0.354. The highest BCUT2D eigenvalue weighted by atomic mass is 19.1. The normalized spacial score (nSPS) is 15.2. The predicted molar refractivity (Wildman–Crippen MR) is 33.8 cm³/mol. The number of alkyl halides is 1. The average molecular weight is 164 g/mol. The molecule has 0 aliphatic heterocycles. The second-order valence-corrected chi connectivity index (χ2v) is 2.03. The van der Waals surface area contributed by atoms with E-state index in [4.69, 9.17) is 5.11 Å². The maximum atomic E-state index is 12.7. The Labute approximate surface area is 63.0 Å². The number of carbonyl (C=O) groups excluding carboxylic acids is 1. The molecule has 0 saturated carbocycles. The Morgan fingerprint density at radius 2 is 2.09 bits per heavy atom. The zero-order valence-corrected chi connectivity index (χ0v) is 6.26. The summed E-state index contributed by atoms with van der Waals surface area (Å²) in [5.41, 5.74) is -2.93. The monoisotopic (exact) mass is 164 g/mol. The third kappa shape index (κ3) is 2.18. The van der Waals surface area contributed by atoms with E-state index in [0.717, 1.165) is 0 Å². The molecule has 1 N–H and O–H groups in total. The molecule has 0 aliphatic carbocycles. The van der Waals surface area contributed by atoms with Gasteiger partial charge in [-0.15, -0.1) is 0 Å². The van der Waals surface area contributed by atoms with Gasteiger partial charge in [0.15, 0.2) is 0 Å². The van der Waals surface area contributed by atoms with Gasteiger partial charge in [-0.05, 0) is 13.8 Å². The molecular formula is C6H9FO4. The molecule has 0 saturated heterocycles. The number of esters is 1. The van der Waals surface area contributed by atoms with Gasteiger partial charge in [-0.3, -0.25) is 0 Å². The summed E-state index contributed by atoms with van der Waals surface area (Å²) in [4.78, 5) is 20.6. The number of carbonyl (C=O) groups is 2. The van der Waals surface area contributed by atoms with Crippen LogP contribution in [0.3, 0.4) is 0 Å². The number of carboxylic acids is 1. The standard InChI is InChI=1S/C6H9FO4/c1-3-11-5(10)6(2,7)4(8)9/h3H2,1-2H3,(H,8,9). The van der Waals surface area contributed by atoms with E-state index < -0.39 is 17.6 Å². The molecule has 64 valence electrons. The van der Waals surface area contributed by atoms with Crippen molar-refractivity contribution in [2.45, 2.75) is 19.5 Å². The van der Waals surface area contributed by atoms with Crippen molar-refractivity contribution < 1.29 is 23.8 Å². The van der Waals surface area contributed by atoms with E-state index >= 15 is 0 Å². The summed E-state index contributed by atoms with van der Waals surface area (Å²) in [7, 11) is 0. The van der Waals surface area contributed by atoms with Crippen molar-refractivity contribution in [1.29, 1.82) is 0 Å². The second kappa shape index (κ2) is 3.32. The van der Waals surface area contributed by atoms with Gasteiger partial charge in [0.25, 0.3) is 5.67 Å². The predicted octanol–water partition coefficient (Wildman–Crippen LogP) is 0.362. The number of aliphatic carboxylic acids is 1. The Kier molecular flexibility index (Phi) is 2.98. The fourth-order valence-corrected chi connectivity index (χ4v) is 0.354. The molecule has 0 radical (unpaired) electrons. The first-order chi connectivity index (χ1) is 4.92. The van der Waals surface area contributed by atoms with Crippen molar-refractivity contribution in [1.82, 2.24) is 0 Å². The van der Waals surface area contributed by atoms with Crippen LogP contribution in [0, 0.1) is 0 Å². The molecule has 0 amide bonds. The summed E-state index contributed by atoms with van der Waals surface area (Å²) < 4.78 is 16.9. The Bertz CT molecular complexity index is 175. The SMILES string of the molecule is CCOC(=O)C(C)(F)C(=O)O. The first-order valence-electron chi connectivity index (χ1n) is 3.02. The van der Waals surface area contributed by atoms with Gasteiger partial charge < -0.3 is 9.84 Å². The quantitative estimate of drug-likeness (QED) is 0.483. The fraction of sp³-hybridized carbons (Fsp3) is 0.667. The third-order valence-electron chi connectivity index (χ3n) is 1.06. The smallest absolute Gasteiger partial charge is 0.355 e. The molecule has 0 aliphatic rings. The lowest BCUT2D eigenvalue weighted by atomic mass is 10.1. The van der Waals surface area contributed by atoms with E-state index in [1.165, 1.54) is 6.92 Å². The lowest BCUT2D eigenvalue weighted by Gasteiger charge is -2.12. The first-order valence-corrected chi connectivity index (χ1v) is 3.02. The van der Waals surface area contributed by atoms with Crippen LogP contribution in [0.25, 0.3) is 0 Å². The van der Waals surface area contributed by atoms with E-state index in [1.54, 1.807) is 0 Å². The van der Waals surface area contributed by atoms with Crippen molar-refractivity contribution in [2.75, 3.05) is 6.61 Å². The maximum absolute atomic E-state index is 12.7. The summed E-state index contributed by atoms with van der Waals surface area (Å²) in [5.74, 6) is -3.21. The highest BCUT2D eigenvalue weighted by molar-refractivity contribution is 6.01. The lowest BCUT2D eigenvalue weighted by Crippen LogP contribution is -2.40. The van der Waals surface area contributed by atoms with Crippen LogP contribution in [0.4, 0.5) is 4.39 Å². The van der Waals surface area contributed by atoms with Gasteiger partial charge in [0, 0.05) is 0 Å². The highest BCUT2D eigenvalue weighted by Crippen LogP contribution is 2.12. The Morgan fingerprint density at radius 1 is 1.64 bits per heavy atom. The molecular weight excluding hydrogens is 155 g/mol. The van der Waals surface area contributed by atoms with Crippen molar-refractivity contribution in [2.24, 2.45) is 0 Å². The van der Waals surface area contributed by atoms with Crippen LogP contribution in [0.1, 0.15) is 13.8 Å². The summed E-state index contributed by atoms with van der Waals surface area (Å²) >= 11 is 0. The van der Waals surface area contributed by atoms with Crippen LogP contribution in [0.2, 0.25) is 0 Å². The average Bonchev–Trinajstić information content (AvgIpc) is 1.88. The lowest BCUT2D eigenvalue weighted by molar-refractivity contribution is -0.169. The summed E-state index contributed by atoms with van der Waals surface area (Å²) in [6, 6.07) is 0. The number of carboxylic acid groups (broad SMARTS) is 1. The Hall–Kier alpha value is -1.13. The molecule has 0 aromatic heterocycles. The molecule has 0 rings (SSSR count). The van der Waals surface area contributed by atoms with E-state index in [1.807, 2.05) is 0 Å². The summed E-state index contributed by atoms with van der Waals surface area (Å²) in [5, 5.41) is 8.16. The molecule has 1 unspecified atom stereocenters. The van der Waals surface area contributed by atoms with Crippen molar-refractivity contribution in [3.05, 3.63) is 0 Å². The van der Waals surface area contributed by atoms with Crippen LogP contribution in [-0.2, 0) is 14.3 Å². The number of ether oxygens (including phenoxy) is 1. The van der Waals surface area contributed by atoms with Crippen molar-refractivity contribution >= 4 is 11.9 Å². The minimum Gasteiger partial charge on any atom is -0.478 e. The van der Waals surface area contributed by atoms with Gasteiger partial charge in [-0.2, -0.15) is 0 Å². The number of rotatable bonds is 3. The zero-order chi connectivity index (χ0) is 9.07. The van der Waals surface area contributed by atoms with E-state index in [9.17, 15) is 14.0 Å². The van der Waals surface area contributed by atoms with Gasteiger partial charge in [-0.1, -0.05) is 0 Å². The van der Waals surface area contributed by atoms with Gasteiger partial charge in [-0.25, -0.2) is 14.0 Å². The van der Waals surface area contributed by atoms with Gasteiger partial charge in [0.1, 0.15) is 0 Å². The maximum Gasteiger partial charge on any atom is 0.355 e. The van der Waals surface area contributed by atoms with Crippen molar-refractivity contribution in [3.8, 4) is 0 Å². The summed E-state index contributed by atoms with van der Waals surface area (Å²) in [6.45, 7) is 2.08. The van der Waals surface area contributed by atoms with Gasteiger partial charge >= 0.3 is 11.9 Å². The molecule has 5 heteroatoms. The molecule has 0 aromatic rings. The molecule has 11 heavy (non-hydrogen) atoms. The molecule has 4 nitrogen and oxygen atoms in total. The number of hydrogen-bond donors (Lipinski definition) is 1. The topological polar surface area (TPSA) is 63.6 Å². The molecule has 1 atom stereocenters. The van der Waals surface area contributed by atoms with E-state index in [-0.39, 0.29) is 6.61 Å². The molecule has 0 spiro atoms. The summed E-state index contributed by atoms with van der Waals surface area (Å²) in [6.07, 6.45) is 0. The molecule has 0 aromatic carbocycles. The van der Waals surface area contributed by atoms with Crippen LogP contribution in [-0.4, -0.2) is 29.3 Å². The molecule has 0 heterocycles.